The number of halogens is 1. The Morgan fingerprint density at radius 1 is 1.61 bits per heavy atom. The van der Waals surface area contributed by atoms with E-state index >= 15 is 0 Å². The summed E-state index contributed by atoms with van der Waals surface area (Å²) in [5, 5.41) is 11.6. The number of benzene rings is 1. The fourth-order valence-corrected chi connectivity index (χ4v) is 2.54. The van der Waals surface area contributed by atoms with Crippen molar-refractivity contribution in [3.8, 4) is 0 Å². The van der Waals surface area contributed by atoms with Crippen molar-refractivity contribution in [2.45, 2.75) is 6.42 Å². The quantitative estimate of drug-likeness (QED) is 0.734. The van der Waals surface area contributed by atoms with Crippen LogP contribution in [0.1, 0.15) is 6.42 Å². The van der Waals surface area contributed by atoms with Crippen LogP contribution in [0.2, 0.25) is 5.02 Å². The number of carboxylic acid groups (broad SMARTS) is 1. The van der Waals surface area contributed by atoms with Crippen molar-refractivity contribution in [1.29, 1.82) is 0 Å². The highest BCUT2D eigenvalue weighted by Crippen LogP contribution is 2.31. The molecule has 1 aliphatic heterocycles. The van der Waals surface area contributed by atoms with Crippen molar-refractivity contribution in [1.82, 2.24) is 5.32 Å². The van der Waals surface area contributed by atoms with E-state index in [4.69, 9.17) is 22.4 Å². The molecule has 1 aliphatic rings. The van der Waals surface area contributed by atoms with Gasteiger partial charge in [-0.2, -0.15) is 0 Å². The molecule has 0 bridgehead atoms. The van der Waals surface area contributed by atoms with E-state index < -0.39 is 6.09 Å². The maximum absolute atomic E-state index is 10.4. The average molecular weight is 270 g/mol. The molecule has 1 heterocycles. The van der Waals surface area contributed by atoms with Gasteiger partial charge in [0.1, 0.15) is 0 Å². The van der Waals surface area contributed by atoms with Gasteiger partial charge in [-0.05, 0) is 30.5 Å². The minimum atomic E-state index is -0.973. The minimum Gasteiger partial charge on any atom is -0.465 e. The molecule has 2 rings (SSSR count). The second-order valence-corrected chi connectivity index (χ2v) is 4.90. The zero-order chi connectivity index (χ0) is 13.1. The maximum Gasteiger partial charge on any atom is 0.404 e. The Kier molecular flexibility index (Phi) is 3.81. The van der Waals surface area contributed by atoms with Gasteiger partial charge >= 0.3 is 6.09 Å². The summed E-state index contributed by atoms with van der Waals surface area (Å²) in [7, 11) is 0. The third kappa shape index (κ3) is 2.98. The van der Waals surface area contributed by atoms with Crippen LogP contribution < -0.4 is 16.0 Å². The normalized spacial score (nSPS) is 18.9. The van der Waals surface area contributed by atoms with Gasteiger partial charge < -0.3 is 21.1 Å². The molecule has 4 N–H and O–H groups in total. The molecule has 1 saturated heterocycles. The minimum absolute atomic E-state index is 0.328. The molecule has 0 aromatic heterocycles. The van der Waals surface area contributed by atoms with Crippen LogP contribution in [0.5, 0.6) is 0 Å². The third-order valence-corrected chi connectivity index (χ3v) is 3.44. The molecular weight excluding hydrogens is 254 g/mol. The van der Waals surface area contributed by atoms with Crippen molar-refractivity contribution in [2.24, 2.45) is 5.92 Å². The van der Waals surface area contributed by atoms with Crippen LogP contribution in [0.4, 0.5) is 16.2 Å². The van der Waals surface area contributed by atoms with Crippen LogP contribution in [0.3, 0.4) is 0 Å². The van der Waals surface area contributed by atoms with Gasteiger partial charge in [0.2, 0.25) is 0 Å². The Bertz CT molecular complexity index is 453. The molecule has 0 radical (unpaired) electrons. The first-order chi connectivity index (χ1) is 8.56. The first-order valence-electron chi connectivity index (χ1n) is 5.83. The van der Waals surface area contributed by atoms with Gasteiger partial charge in [0, 0.05) is 25.3 Å². The summed E-state index contributed by atoms with van der Waals surface area (Å²) < 4.78 is 0. The molecule has 0 aliphatic carbocycles. The first-order valence-corrected chi connectivity index (χ1v) is 6.21. The molecule has 1 atom stereocenters. The molecule has 18 heavy (non-hydrogen) atoms. The van der Waals surface area contributed by atoms with E-state index in [0.29, 0.717) is 23.2 Å². The highest BCUT2D eigenvalue weighted by Gasteiger charge is 2.24. The van der Waals surface area contributed by atoms with Crippen molar-refractivity contribution in [3.63, 3.8) is 0 Å². The highest BCUT2D eigenvalue weighted by atomic mass is 35.5. The summed E-state index contributed by atoms with van der Waals surface area (Å²) in [6.45, 7) is 2.18. The van der Waals surface area contributed by atoms with Gasteiger partial charge in [0.05, 0.1) is 10.7 Å². The summed E-state index contributed by atoms with van der Waals surface area (Å²) in [4.78, 5) is 12.6. The average Bonchev–Trinajstić information content (AvgIpc) is 2.75. The number of hydrogen-bond acceptors (Lipinski definition) is 3. The number of nitrogens with one attached hydrogen (secondary N) is 1. The number of amides is 1. The Labute approximate surface area is 111 Å². The lowest BCUT2D eigenvalue weighted by Gasteiger charge is -2.20. The fraction of sp³-hybridized carbons (Fsp3) is 0.417. The van der Waals surface area contributed by atoms with Gasteiger partial charge in [0.25, 0.3) is 0 Å². The van der Waals surface area contributed by atoms with E-state index in [1.807, 2.05) is 12.1 Å². The lowest BCUT2D eigenvalue weighted by atomic mass is 10.1. The second kappa shape index (κ2) is 5.35. The molecule has 6 heteroatoms. The molecule has 1 unspecified atom stereocenters. The summed E-state index contributed by atoms with van der Waals surface area (Å²) in [6.07, 6.45) is -0.0139. The lowest BCUT2D eigenvalue weighted by molar-refractivity contribution is 0.192. The van der Waals surface area contributed by atoms with Gasteiger partial charge in [-0.25, -0.2) is 4.79 Å². The largest absolute Gasteiger partial charge is 0.465 e. The van der Waals surface area contributed by atoms with E-state index in [9.17, 15) is 4.79 Å². The number of rotatable bonds is 3. The summed E-state index contributed by atoms with van der Waals surface area (Å²) >= 11 is 6.15. The molecule has 0 spiro atoms. The maximum atomic E-state index is 10.4. The molecule has 5 nitrogen and oxygen atoms in total. The Hall–Kier alpha value is -1.62. The number of hydrogen-bond donors (Lipinski definition) is 3. The zero-order valence-corrected chi connectivity index (χ0v) is 10.7. The highest BCUT2D eigenvalue weighted by molar-refractivity contribution is 6.33. The van der Waals surface area contributed by atoms with Crippen LogP contribution in [-0.2, 0) is 0 Å². The van der Waals surface area contributed by atoms with Gasteiger partial charge in [-0.1, -0.05) is 11.6 Å². The van der Waals surface area contributed by atoms with Crippen molar-refractivity contribution in [2.75, 3.05) is 30.3 Å². The van der Waals surface area contributed by atoms with E-state index in [0.717, 1.165) is 25.2 Å². The van der Waals surface area contributed by atoms with Crippen LogP contribution in [0, 0.1) is 5.92 Å². The SMILES string of the molecule is Nc1ccc(N2CCC(CNC(=O)O)C2)c(Cl)c1. The van der Waals surface area contributed by atoms with E-state index in [1.165, 1.54) is 0 Å². The molecular formula is C12H16ClN3O2. The van der Waals surface area contributed by atoms with Gasteiger partial charge in [-0.3, -0.25) is 0 Å². The standard InChI is InChI=1S/C12H16ClN3O2/c13-10-5-9(14)1-2-11(10)16-4-3-8(7-16)6-15-12(17)18/h1-2,5,8,15H,3-4,6-7,14H2,(H,17,18). The molecule has 0 saturated carbocycles. The Morgan fingerprint density at radius 3 is 3.06 bits per heavy atom. The molecule has 1 aromatic carbocycles. The monoisotopic (exact) mass is 269 g/mol. The van der Waals surface area contributed by atoms with Crippen molar-refractivity contribution >= 4 is 29.1 Å². The molecule has 98 valence electrons. The van der Waals surface area contributed by atoms with Crippen LogP contribution in [0.25, 0.3) is 0 Å². The van der Waals surface area contributed by atoms with E-state index in [-0.39, 0.29) is 0 Å². The molecule has 1 amide bonds. The first kappa shape index (κ1) is 12.8. The number of nitrogen functional groups attached to an aromatic ring is 1. The van der Waals surface area contributed by atoms with E-state index in [1.54, 1.807) is 6.07 Å². The number of nitrogens with zero attached hydrogens (tertiary/aromatic N) is 1. The number of anilines is 2. The van der Waals surface area contributed by atoms with Crippen molar-refractivity contribution in [3.05, 3.63) is 23.2 Å². The van der Waals surface area contributed by atoms with E-state index in [2.05, 4.69) is 10.2 Å². The van der Waals surface area contributed by atoms with Crippen LogP contribution in [-0.4, -0.2) is 30.8 Å². The third-order valence-electron chi connectivity index (χ3n) is 3.14. The van der Waals surface area contributed by atoms with Crippen LogP contribution in [0.15, 0.2) is 18.2 Å². The zero-order valence-electron chi connectivity index (χ0n) is 9.90. The summed E-state index contributed by atoms with van der Waals surface area (Å²) in [5.41, 5.74) is 7.26. The lowest BCUT2D eigenvalue weighted by Crippen LogP contribution is -2.29. The second-order valence-electron chi connectivity index (χ2n) is 4.50. The number of carbonyl (C=O) groups is 1. The summed E-state index contributed by atoms with van der Waals surface area (Å²) in [5.74, 6) is 0.328. The predicted octanol–water partition coefficient (Wildman–Crippen LogP) is 2.02. The van der Waals surface area contributed by atoms with Gasteiger partial charge in [-0.15, -0.1) is 0 Å². The predicted molar refractivity (Wildman–Crippen MR) is 72.2 cm³/mol. The number of nitrogens with two attached hydrogens (primary N) is 1. The van der Waals surface area contributed by atoms with Gasteiger partial charge in [0.15, 0.2) is 0 Å². The Morgan fingerprint density at radius 2 is 2.39 bits per heavy atom. The fourth-order valence-electron chi connectivity index (χ4n) is 2.23. The molecule has 1 aromatic rings. The smallest absolute Gasteiger partial charge is 0.404 e. The van der Waals surface area contributed by atoms with Crippen LogP contribution >= 0.6 is 11.6 Å². The topological polar surface area (TPSA) is 78.6 Å². The molecule has 1 fully saturated rings. The summed E-state index contributed by atoms with van der Waals surface area (Å²) in [6, 6.07) is 5.47. The Balaban J connectivity index is 1.97. The van der Waals surface area contributed by atoms with Crippen molar-refractivity contribution < 1.29 is 9.90 Å².